The van der Waals surface area contributed by atoms with Crippen molar-refractivity contribution < 1.29 is 14.3 Å². The van der Waals surface area contributed by atoms with E-state index in [9.17, 15) is 9.59 Å². The van der Waals surface area contributed by atoms with Gasteiger partial charge in [0.1, 0.15) is 0 Å². The molecule has 1 aliphatic rings. The van der Waals surface area contributed by atoms with Crippen molar-refractivity contribution in [3.63, 3.8) is 0 Å². The minimum Gasteiger partial charge on any atom is -0.378 e. The van der Waals surface area contributed by atoms with E-state index in [1.807, 2.05) is 30.3 Å². The van der Waals surface area contributed by atoms with Crippen LogP contribution in [0.5, 0.6) is 0 Å². The predicted octanol–water partition coefficient (Wildman–Crippen LogP) is 2.43. The van der Waals surface area contributed by atoms with E-state index >= 15 is 0 Å². The molecule has 0 atom stereocenters. The van der Waals surface area contributed by atoms with E-state index in [-0.39, 0.29) is 11.8 Å². The average Bonchev–Trinajstić information content (AvgIpc) is 2.68. The number of carbonyl (C=O) groups is 2. The second-order valence-electron chi connectivity index (χ2n) is 6.13. The fourth-order valence-corrected chi connectivity index (χ4v) is 2.88. The summed E-state index contributed by atoms with van der Waals surface area (Å²) in [6, 6.07) is 16.8. The number of hydrogen-bond acceptors (Lipinski definition) is 3. The summed E-state index contributed by atoms with van der Waals surface area (Å²) in [6.07, 6.45) is 0. The van der Waals surface area contributed by atoms with Gasteiger partial charge in [0, 0.05) is 37.8 Å². The molecule has 5 heteroatoms. The highest BCUT2D eigenvalue weighted by molar-refractivity contribution is 5.99. The Morgan fingerprint density at radius 2 is 1.68 bits per heavy atom. The van der Waals surface area contributed by atoms with E-state index in [0.29, 0.717) is 44.0 Å². The zero-order valence-corrected chi connectivity index (χ0v) is 14.4. The largest absolute Gasteiger partial charge is 0.378 e. The van der Waals surface area contributed by atoms with Gasteiger partial charge in [0.25, 0.3) is 11.8 Å². The third kappa shape index (κ3) is 4.25. The number of benzene rings is 2. The van der Waals surface area contributed by atoms with Gasteiger partial charge in [-0.05, 0) is 23.8 Å². The van der Waals surface area contributed by atoms with Gasteiger partial charge in [0.15, 0.2) is 0 Å². The summed E-state index contributed by atoms with van der Waals surface area (Å²) in [5.74, 6) is -0.149. The van der Waals surface area contributed by atoms with Crippen LogP contribution < -0.4 is 0 Å². The highest BCUT2D eigenvalue weighted by Crippen LogP contribution is 2.13. The molecule has 0 aromatic heterocycles. The van der Waals surface area contributed by atoms with Crippen molar-refractivity contribution in [1.82, 2.24) is 9.80 Å². The van der Waals surface area contributed by atoms with Crippen molar-refractivity contribution >= 4 is 11.8 Å². The molecule has 0 N–H and O–H groups in total. The first kappa shape index (κ1) is 17.2. The Morgan fingerprint density at radius 1 is 1.00 bits per heavy atom. The highest BCUT2D eigenvalue weighted by Gasteiger charge is 2.20. The first-order valence-corrected chi connectivity index (χ1v) is 8.41. The van der Waals surface area contributed by atoms with Crippen LogP contribution in [-0.2, 0) is 11.3 Å². The number of morpholine rings is 1. The third-order valence-electron chi connectivity index (χ3n) is 4.26. The van der Waals surface area contributed by atoms with Gasteiger partial charge in [-0.15, -0.1) is 0 Å². The zero-order valence-electron chi connectivity index (χ0n) is 14.4. The summed E-state index contributed by atoms with van der Waals surface area (Å²) < 4.78 is 5.28. The van der Waals surface area contributed by atoms with E-state index < -0.39 is 0 Å². The minimum absolute atomic E-state index is 0.0522. The third-order valence-corrected chi connectivity index (χ3v) is 4.26. The van der Waals surface area contributed by atoms with Gasteiger partial charge >= 0.3 is 0 Å². The van der Waals surface area contributed by atoms with Gasteiger partial charge in [-0.2, -0.15) is 0 Å². The molecule has 130 valence electrons. The van der Waals surface area contributed by atoms with Crippen LogP contribution in [-0.4, -0.2) is 55.0 Å². The van der Waals surface area contributed by atoms with Crippen LogP contribution in [0.1, 0.15) is 26.3 Å². The average molecular weight is 338 g/mol. The first-order chi connectivity index (χ1) is 12.1. The molecule has 1 fully saturated rings. The number of hydrogen-bond donors (Lipinski definition) is 0. The fourth-order valence-electron chi connectivity index (χ4n) is 2.88. The van der Waals surface area contributed by atoms with Crippen LogP contribution in [0.15, 0.2) is 54.6 Å². The molecule has 0 bridgehead atoms. The standard InChI is InChI=1S/C20H22N2O3/c1-21(15-16-6-3-2-4-7-16)19(23)17-8-5-9-18(14-17)20(24)22-10-12-25-13-11-22/h2-9,14H,10-13,15H2,1H3. The van der Waals surface area contributed by atoms with Gasteiger partial charge in [-0.1, -0.05) is 36.4 Å². The Morgan fingerprint density at radius 3 is 2.40 bits per heavy atom. The molecule has 3 rings (SSSR count). The number of ether oxygens (including phenoxy) is 1. The molecule has 2 aromatic carbocycles. The monoisotopic (exact) mass is 338 g/mol. The molecule has 0 unspecified atom stereocenters. The molecule has 0 saturated carbocycles. The molecule has 25 heavy (non-hydrogen) atoms. The lowest BCUT2D eigenvalue weighted by atomic mass is 10.1. The number of nitrogens with zero attached hydrogens (tertiary/aromatic N) is 2. The number of amides is 2. The van der Waals surface area contributed by atoms with E-state index in [4.69, 9.17) is 4.74 Å². The molecule has 1 aliphatic heterocycles. The summed E-state index contributed by atoms with van der Waals surface area (Å²) in [5, 5.41) is 0. The molecule has 2 aromatic rings. The van der Waals surface area contributed by atoms with Crippen molar-refractivity contribution in [2.24, 2.45) is 0 Å². The smallest absolute Gasteiger partial charge is 0.254 e. The molecule has 0 aliphatic carbocycles. The van der Waals surface area contributed by atoms with Crippen molar-refractivity contribution in [3.05, 3.63) is 71.3 Å². The number of rotatable bonds is 4. The lowest BCUT2D eigenvalue weighted by Crippen LogP contribution is -2.40. The summed E-state index contributed by atoms with van der Waals surface area (Å²) in [7, 11) is 1.77. The fraction of sp³-hybridized carbons (Fsp3) is 0.300. The lowest BCUT2D eigenvalue weighted by molar-refractivity contribution is 0.0303. The molecular formula is C20H22N2O3. The number of carbonyl (C=O) groups excluding carboxylic acids is 2. The summed E-state index contributed by atoms with van der Waals surface area (Å²) in [4.78, 5) is 28.7. The van der Waals surface area contributed by atoms with Gasteiger partial charge in [-0.25, -0.2) is 0 Å². The molecule has 5 nitrogen and oxygen atoms in total. The van der Waals surface area contributed by atoms with Crippen LogP contribution in [0.4, 0.5) is 0 Å². The first-order valence-electron chi connectivity index (χ1n) is 8.41. The Balaban J connectivity index is 1.71. The predicted molar refractivity (Wildman–Crippen MR) is 95.4 cm³/mol. The Labute approximate surface area is 147 Å². The van der Waals surface area contributed by atoms with Crippen molar-refractivity contribution in [3.8, 4) is 0 Å². The Bertz CT molecular complexity index is 740. The Hall–Kier alpha value is -2.66. The summed E-state index contributed by atoms with van der Waals surface area (Å²) in [5.41, 5.74) is 2.14. The van der Waals surface area contributed by atoms with E-state index in [2.05, 4.69) is 0 Å². The second kappa shape index (κ2) is 7.94. The van der Waals surface area contributed by atoms with Gasteiger partial charge in [0.05, 0.1) is 13.2 Å². The summed E-state index contributed by atoms with van der Waals surface area (Å²) >= 11 is 0. The maximum atomic E-state index is 12.7. The van der Waals surface area contributed by atoms with Crippen LogP contribution in [0, 0.1) is 0 Å². The normalized spacial score (nSPS) is 14.2. The SMILES string of the molecule is CN(Cc1ccccc1)C(=O)c1cccc(C(=O)N2CCOCC2)c1. The second-order valence-corrected chi connectivity index (χ2v) is 6.13. The van der Waals surface area contributed by atoms with Crippen molar-refractivity contribution in [2.45, 2.75) is 6.54 Å². The maximum absolute atomic E-state index is 12.7. The van der Waals surface area contributed by atoms with Crippen LogP contribution in [0.3, 0.4) is 0 Å². The quantitative estimate of drug-likeness (QED) is 0.860. The van der Waals surface area contributed by atoms with E-state index in [1.165, 1.54) is 0 Å². The molecule has 1 heterocycles. The molecule has 0 spiro atoms. The molecular weight excluding hydrogens is 316 g/mol. The topological polar surface area (TPSA) is 49.9 Å². The van der Waals surface area contributed by atoms with Crippen molar-refractivity contribution in [2.75, 3.05) is 33.4 Å². The van der Waals surface area contributed by atoms with E-state index in [1.54, 1.807) is 41.1 Å². The zero-order chi connectivity index (χ0) is 17.6. The van der Waals surface area contributed by atoms with Gasteiger partial charge in [-0.3, -0.25) is 9.59 Å². The lowest BCUT2D eigenvalue weighted by Gasteiger charge is -2.27. The van der Waals surface area contributed by atoms with Crippen LogP contribution in [0.2, 0.25) is 0 Å². The maximum Gasteiger partial charge on any atom is 0.254 e. The van der Waals surface area contributed by atoms with Gasteiger partial charge < -0.3 is 14.5 Å². The van der Waals surface area contributed by atoms with Crippen LogP contribution >= 0.6 is 0 Å². The Kier molecular flexibility index (Phi) is 5.46. The highest BCUT2D eigenvalue weighted by atomic mass is 16.5. The minimum atomic E-state index is -0.0968. The van der Waals surface area contributed by atoms with Gasteiger partial charge in [0.2, 0.25) is 0 Å². The van der Waals surface area contributed by atoms with Crippen LogP contribution in [0.25, 0.3) is 0 Å². The summed E-state index contributed by atoms with van der Waals surface area (Å²) in [6.45, 7) is 2.82. The molecule has 2 amide bonds. The van der Waals surface area contributed by atoms with E-state index in [0.717, 1.165) is 5.56 Å². The molecule has 1 saturated heterocycles. The van der Waals surface area contributed by atoms with Crippen molar-refractivity contribution in [1.29, 1.82) is 0 Å². The molecule has 0 radical (unpaired) electrons.